The predicted octanol–water partition coefficient (Wildman–Crippen LogP) is 3.46. The average molecular weight is 455 g/mol. The topological polar surface area (TPSA) is 17.1 Å². The van der Waals surface area contributed by atoms with Crippen LogP contribution in [0.4, 0.5) is 0 Å². The smallest absolute Gasteiger partial charge is 0.309 e. The fourth-order valence-electron chi connectivity index (χ4n) is 2.15. The highest BCUT2D eigenvalue weighted by Crippen LogP contribution is 2.46. The minimum Gasteiger partial charge on any atom is -1.00 e. The van der Waals surface area contributed by atoms with Crippen LogP contribution in [0.15, 0.2) is 69.1 Å². The fraction of sp³-hybridized carbons (Fsp3) is 0.111. The molecule has 0 amide bonds. The molecule has 1 aromatic heterocycles. The molecule has 0 aliphatic carbocycles. The molecular weight excluding hydrogens is 440 g/mol. The van der Waals surface area contributed by atoms with Crippen LogP contribution >= 0.6 is 44.2 Å². The van der Waals surface area contributed by atoms with Gasteiger partial charge in [-0.15, -0.1) is 11.8 Å². The summed E-state index contributed by atoms with van der Waals surface area (Å²) in [5.41, 5.74) is 3.29. The second kappa shape index (κ2) is 9.73. The van der Waals surface area contributed by atoms with Crippen molar-refractivity contribution in [1.82, 2.24) is 0 Å². The molecule has 24 heavy (non-hydrogen) atoms. The highest BCUT2D eigenvalue weighted by Gasteiger charge is 2.25. The molecule has 124 valence electrons. The van der Waals surface area contributed by atoms with Gasteiger partial charge in [-0.2, -0.15) is 0 Å². The number of hydrogen-bond acceptors (Lipinski definition) is 4. The van der Waals surface area contributed by atoms with Crippen molar-refractivity contribution in [1.29, 1.82) is 0 Å². The van der Waals surface area contributed by atoms with Crippen molar-refractivity contribution in [3.63, 3.8) is 0 Å². The minimum absolute atomic E-state index is 0. The van der Waals surface area contributed by atoms with E-state index >= 15 is 0 Å². The van der Waals surface area contributed by atoms with Crippen molar-refractivity contribution in [2.45, 2.75) is 8.42 Å². The molecule has 0 saturated carbocycles. The van der Waals surface area contributed by atoms with Crippen LogP contribution in [0, 0.1) is 0 Å². The van der Waals surface area contributed by atoms with Gasteiger partial charge in [0, 0.05) is 5.56 Å². The molecule has 0 aliphatic rings. The fourth-order valence-corrected chi connectivity index (χ4v) is 7.64. The van der Waals surface area contributed by atoms with Gasteiger partial charge in [0.25, 0.3) is 4.21 Å². The third-order valence-electron chi connectivity index (χ3n) is 3.28. The second-order valence-electron chi connectivity index (χ2n) is 4.76. The molecule has 0 spiro atoms. The van der Waals surface area contributed by atoms with Gasteiger partial charge in [-0.25, -0.2) is 0 Å². The summed E-state index contributed by atoms with van der Waals surface area (Å²) in [5.74, 6) is 0.656. The van der Waals surface area contributed by atoms with E-state index < -0.39 is 0 Å². The number of hydrogen-bond donors (Lipinski definition) is 0. The van der Waals surface area contributed by atoms with Crippen LogP contribution in [0.2, 0.25) is 0 Å². The molecule has 0 atom stereocenters. The molecule has 3 rings (SSSR count). The van der Waals surface area contributed by atoms with Crippen LogP contribution in [0.25, 0.3) is 11.1 Å². The van der Waals surface area contributed by atoms with E-state index in [2.05, 4.69) is 30.5 Å². The van der Waals surface area contributed by atoms with E-state index in [-0.39, 0.29) is 22.8 Å². The third-order valence-corrected chi connectivity index (χ3v) is 8.76. The first-order chi connectivity index (χ1) is 11.3. The number of thioether (sulfide) groups is 2. The Morgan fingerprint density at radius 2 is 1.67 bits per heavy atom. The van der Waals surface area contributed by atoms with E-state index in [1.54, 1.807) is 44.2 Å². The summed E-state index contributed by atoms with van der Waals surface area (Å²) >= 11 is 3.42. The number of ketones is 1. The molecule has 1 nitrogen and oxygen atoms in total. The lowest BCUT2D eigenvalue weighted by Gasteiger charge is -2.02. The summed E-state index contributed by atoms with van der Waals surface area (Å²) in [5, 5.41) is 0. The zero-order chi connectivity index (χ0) is 16.1. The van der Waals surface area contributed by atoms with E-state index in [4.69, 9.17) is 0 Å². The van der Waals surface area contributed by atoms with Crippen molar-refractivity contribution in [2.75, 3.05) is 12.0 Å². The molecule has 1 heterocycles. The minimum atomic E-state index is 0. The van der Waals surface area contributed by atoms with Crippen molar-refractivity contribution < 1.29 is 21.8 Å². The monoisotopic (exact) mass is 454 g/mol. The molecule has 0 saturated heterocycles. The van der Waals surface area contributed by atoms with Crippen LogP contribution in [0.1, 0.15) is 10.4 Å². The molecule has 0 unspecified atom stereocenters. The summed E-state index contributed by atoms with van der Waals surface area (Å²) in [6.07, 6.45) is 2.11. The first-order valence-electron chi connectivity index (χ1n) is 7.06. The lowest BCUT2D eigenvalue weighted by atomic mass is 10.1. The number of Topliss-reactive ketones (excluding diaryl/α,β-unsaturated/α-hetero) is 1. The van der Waals surface area contributed by atoms with E-state index in [1.807, 2.05) is 36.4 Å². The number of carbonyl (C=O) groups excluding carboxylic acids is 1. The maximum Gasteiger partial charge on any atom is 0.309 e. The number of halogens is 1. The van der Waals surface area contributed by atoms with Gasteiger partial charge >= 0.3 is 10.3 Å². The Morgan fingerprint density at radius 3 is 2.29 bits per heavy atom. The molecule has 6 heteroatoms. The SMILES string of the molecule is CSc1[s+]sc(SCC(=O)c2ccccc2)c1-c1ccccc1.[Br-]. The van der Waals surface area contributed by atoms with E-state index in [0.29, 0.717) is 5.75 Å². The summed E-state index contributed by atoms with van der Waals surface area (Å²) < 4.78 is 2.55. The van der Waals surface area contributed by atoms with Gasteiger partial charge in [-0.1, -0.05) is 72.4 Å². The van der Waals surface area contributed by atoms with E-state index in [0.717, 1.165) is 5.56 Å². The number of carbonyl (C=O) groups is 1. The Hall–Kier alpha value is -0.660. The zero-order valence-corrected chi connectivity index (χ0v) is 17.8. The molecule has 3 aromatic rings. The first kappa shape index (κ1) is 19.7. The lowest BCUT2D eigenvalue weighted by molar-refractivity contribution is -0.0000121. The molecule has 0 N–H and O–H groups in total. The standard InChI is InChI=1S/C18H15OS4.BrH/c1-20-17-16(14-10-6-3-7-11-14)18(23-22-17)21-12-15(19)13-8-4-2-5-9-13;/h2-11H,12H2,1H3;1H/q+1;/p-1. The lowest BCUT2D eigenvalue weighted by Crippen LogP contribution is -3.00. The average Bonchev–Trinajstić information content (AvgIpc) is 3.04. The van der Waals surface area contributed by atoms with Crippen LogP contribution < -0.4 is 17.0 Å². The quantitative estimate of drug-likeness (QED) is 0.245. The summed E-state index contributed by atoms with van der Waals surface area (Å²) in [6, 6.07) is 19.9. The first-order valence-corrected chi connectivity index (χ1v) is 11.4. The van der Waals surface area contributed by atoms with Crippen LogP contribution in [-0.2, 0) is 0 Å². The van der Waals surface area contributed by atoms with Gasteiger partial charge in [-0.05, 0) is 11.8 Å². The zero-order valence-electron chi connectivity index (χ0n) is 12.9. The molecule has 0 fully saturated rings. The summed E-state index contributed by atoms with van der Waals surface area (Å²) in [4.78, 5) is 12.3. The van der Waals surface area contributed by atoms with E-state index in [1.165, 1.54) is 19.5 Å². The van der Waals surface area contributed by atoms with Crippen LogP contribution in [-0.4, -0.2) is 17.8 Å². The Labute approximate surface area is 168 Å². The normalized spacial score (nSPS) is 10.2. The Kier molecular flexibility index (Phi) is 7.97. The third kappa shape index (κ3) is 4.70. The van der Waals surface area contributed by atoms with Crippen LogP contribution in [0.5, 0.6) is 0 Å². The Balaban J connectivity index is 0.00000208. The predicted molar refractivity (Wildman–Crippen MR) is 105 cm³/mol. The maximum atomic E-state index is 12.3. The molecule has 0 bridgehead atoms. The Morgan fingerprint density at radius 1 is 1.04 bits per heavy atom. The van der Waals surface area contributed by atoms with Gasteiger partial charge < -0.3 is 17.0 Å². The summed E-state index contributed by atoms with van der Waals surface area (Å²) in [6.45, 7) is 0. The van der Waals surface area contributed by atoms with Gasteiger partial charge in [0.1, 0.15) is 4.21 Å². The Bertz CT molecular complexity index is 787. The molecular formula is C18H15BrOS4. The molecule has 0 radical (unpaired) electrons. The van der Waals surface area contributed by atoms with Crippen molar-refractivity contribution >= 4 is 50.0 Å². The largest absolute Gasteiger partial charge is 1.00 e. The highest BCUT2D eigenvalue weighted by molar-refractivity contribution is 8.05. The number of benzene rings is 2. The van der Waals surface area contributed by atoms with Crippen molar-refractivity contribution in [3.05, 3.63) is 66.2 Å². The maximum absolute atomic E-state index is 12.3. The summed E-state index contributed by atoms with van der Waals surface area (Å²) in [7, 11) is 3.56. The van der Waals surface area contributed by atoms with Crippen LogP contribution in [0.3, 0.4) is 0 Å². The van der Waals surface area contributed by atoms with E-state index in [9.17, 15) is 4.79 Å². The van der Waals surface area contributed by atoms with Crippen molar-refractivity contribution in [3.8, 4) is 11.1 Å². The molecule has 0 aliphatic heterocycles. The number of rotatable bonds is 6. The van der Waals surface area contributed by atoms with Gasteiger partial charge in [0.2, 0.25) is 0 Å². The second-order valence-corrected chi connectivity index (χ2v) is 9.23. The van der Waals surface area contributed by atoms with Gasteiger partial charge in [0.05, 0.1) is 11.3 Å². The van der Waals surface area contributed by atoms with Gasteiger partial charge in [0.15, 0.2) is 16.1 Å². The molecule has 2 aromatic carbocycles. The highest BCUT2D eigenvalue weighted by atomic mass is 79.9. The van der Waals surface area contributed by atoms with Crippen molar-refractivity contribution in [2.24, 2.45) is 0 Å². The van der Waals surface area contributed by atoms with Gasteiger partial charge in [-0.3, -0.25) is 4.79 Å².